The van der Waals surface area contributed by atoms with Crippen LogP contribution in [0.1, 0.15) is 37.8 Å². The van der Waals surface area contributed by atoms with E-state index in [0.717, 1.165) is 32.7 Å². The van der Waals surface area contributed by atoms with Crippen LogP contribution in [0.15, 0.2) is 82.2 Å². The minimum atomic E-state index is -4.17. The predicted octanol–water partition coefficient (Wildman–Crippen LogP) is 5.30. The molecule has 0 aliphatic rings. The normalized spacial score (nSPS) is 11.9. The Morgan fingerprint density at radius 1 is 1.02 bits per heavy atom. The first kappa shape index (κ1) is 31.2. The largest absolute Gasteiger partial charge is 0.495 e. The number of ether oxygens (including phenoxy) is 1. The molecule has 10 heteroatoms. The number of sulfonamides is 1. The lowest BCUT2D eigenvalue weighted by molar-refractivity contribution is -0.139. The first-order chi connectivity index (χ1) is 19.1. The van der Waals surface area contributed by atoms with Crippen LogP contribution in [0.3, 0.4) is 0 Å². The van der Waals surface area contributed by atoms with E-state index in [0.29, 0.717) is 12.3 Å². The molecule has 1 atom stereocenters. The quantitative estimate of drug-likeness (QED) is 0.259. The van der Waals surface area contributed by atoms with Crippen LogP contribution in [0.4, 0.5) is 5.69 Å². The van der Waals surface area contributed by atoms with Gasteiger partial charge in [-0.15, -0.1) is 0 Å². The third-order valence-corrected chi connectivity index (χ3v) is 8.78. The van der Waals surface area contributed by atoms with E-state index < -0.39 is 28.5 Å². The molecule has 0 saturated heterocycles. The standard InChI is InChI=1S/C30H36BrN3O5S/c1-5-6-18-32-30(36)23(3)33(20-24-13-15-25(31)16-14-24)29(35)21-34(27-19-22(2)12-17-28(27)39-4)40(37,38)26-10-8-7-9-11-26/h7-17,19,23H,5-6,18,20-21H2,1-4H3,(H,32,36)/t23-/m0/s1. The van der Waals surface area contributed by atoms with Gasteiger partial charge in [-0.05, 0) is 67.8 Å². The number of amides is 2. The molecule has 3 aromatic carbocycles. The molecule has 214 valence electrons. The summed E-state index contributed by atoms with van der Waals surface area (Å²) in [6.45, 7) is 5.61. The number of hydrogen-bond donors (Lipinski definition) is 1. The van der Waals surface area contributed by atoms with Gasteiger partial charge in [0.15, 0.2) is 0 Å². The second-order valence-electron chi connectivity index (χ2n) is 9.47. The monoisotopic (exact) mass is 629 g/mol. The number of benzene rings is 3. The van der Waals surface area contributed by atoms with Gasteiger partial charge in [0, 0.05) is 17.6 Å². The number of rotatable bonds is 13. The van der Waals surface area contributed by atoms with E-state index in [1.165, 1.54) is 24.1 Å². The molecule has 0 fully saturated rings. The van der Waals surface area contributed by atoms with Gasteiger partial charge in [-0.2, -0.15) is 0 Å². The van der Waals surface area contributed by atoms with Gasteiger partial charge in [-0.3, -0.25) is 13.9 Å². The second-order valence-corrected chi connectivity index (χ2v) is 12.2. The average molecular weight is 631 g/mol. The highest BCUT2D eigenvalue weighted by atomic mass is 79.9. The predicted molar refractivity (Wildman–Crippen MR) is 161 cm³/mol. The minimum absolute atomic E-state index is 0.0381. The van der Waals surface area contributed by atoms with Gasteiger partial charge in [-0.1, -0.05) is 65.7 Å². The average Bonchev–Trinajstić information content (AvgIpc) is 2.95. The van der Waals surface area contributed by atoms with E-state index in [-0.39, 0.29) is 23.0 Å². The van der Waals surface area contributed by atoms with E-state index in [2.05, 4.69) is 21.2 Å². The maximum atomic E-state index is 14.0. The number of unbranched alkanes of at least 4 members (excludes halogenated alkanes) is 1. The van der Waals surface area contributed by atoms with Crippen molar-refractivity contribution in [2.45, 2.75) is 51.1 Å². The summed E-state index contributed by atoms with van der Waals surface area (Å²) in [4.78, 5) is 28.5. The fraction of sp³-hybridized carbons (Fsp3) is 0.333. The van der Waals surface area contributed by atoms with Gasteiger partial charge in [-0.25, -0.2) is 8.42 Å². The number of hydrogen-bond acceptors (Lipinski definition) is 5. The van der Waals surface area contributed by atoms with Gasteiger partial charge in [0.25, 0.3) is 10.0 Å². The molecule has 1 N–H and O–H groups in total. The summed E-state index contributed by atoms with van der Waals surface area (Å²) < 4.78 is 35.4. The molecule has 0 aromatic heterocycles. The van der Waals surface area contributed by atoms with Crippen molar-refractivity contribution < 1.29 is 22.7 Å². The number of methoxy groups -OCH3 is 1. The van der Waals surface area contributed by atoms with Crippen LogP contribution in [0, 0.1) is 6.92 Å². The Labute approximate surface area is 245 Å². The molecule has 2 amide bonds. The van der Waals surface area contributed by atoms with Crippen molar-refractivity contribution in [1.82, 2.24) is 10.2 Å². The van der Waals surface area contributed by atoms with Crippen LogP contribution in [-0.2, 0) is 26.2 Å². The summed E-state index contributed by atoms with van der Waals surface area (Å²) >= 11 is 3.42. The van der Waals surface area contributed by atoms with Gasteiger partial charge < -0.3 is 15.0 Å². The van der Waals surface area contributed by atoms with Crippen molar-refractivity contribution in [3.63, 3.8) is 0 Å². The zero-order valence-corrected chi connectivity index (χ0v) is 25.7. The molecule has 0 heterocycles. The molecule has 0 aliphatic heterocycles. The van der Waals surface area contributed by atoms with Gasteiger partial charge in [0.05, 0.1) is 17.7 Å². The Kier molecular flexibility index (Phi) is 11.2. The number of carbonyl (C=O) groups excluding carboxylic acids is 2. The summed E-state index contributed by atoms with van der Waals surface area (Å²) in [6.07, 6.45) is 1.73. The van der Waals surface area contributed by atoms with Crippen molar-refractivity contribution >= 4 is 43.5 Å². The number of halogens is 1. The number of anilines is 1. The fourth-order valence-corrected chi connectivity index (χ4v) is 5.84. The number of nitrogens with zero attached hydrogens (tertiary/aromatic N) is 2. The Hall–Kier alpha value is -3.37. The zero-order chi connectivity index (χ0) is 29.3. The maximum absolute atomic E-state index is 14.0. The Bertz CT molecular complexity index is 1400. The minimum Gasteiger partial charge on any atom is -0.495 e. The van der Waals surface area contributed by atoms with Crippen LogP contribution in [-0.4, -0.2) is 51.4 Å². The van der Waals surface area contributed by atoms with Crippen LogP contribution < -0.4 is 14.4 Å². The highest BCUT2D eigenvalue weighted by Gasteiger charge is 2.33. The van der Waals surface area contributed by atoms with Crippen molar-refractivity contribution in [2.75, 3.05) is 24.5 Å². The van der Waals surface area contributed by atoms with Gasteiger partial charge in [0.2, 0.25) is 11.8 Å². The lowest BCUT2D eigenvalue weighted by Gasteiger charge is -2.32. The lowest BCUT2D eigenvalue weighted by Crippen LogP contribution is -2.51. The SMILES string of the molecule is CCCCNC(=O)[C@H](C)N(Cc1ccc(Br)cc1)C(=O)CN(c1cc(C)ccc1OC)S(=O)(=O)c1ccccc1. The van der Waals surface area contributed by atoms with Crippen LogP contribution in [0.2, 0.25) is 0 Å². The lowest BCUT2D eigenvalue weighted by atomic mass is 10.1. The number of aryl methyl sites for hydroxylation is 1. The molecule has 3 rings (SSSR count). The number of nitrogens with one attached hydrogen (secondary N) is 1. The van der Waals surface area contributed by atoms with E-state index in [1.807, 2.05) is 38.1 Å². The Morgan fingerprint density at radius 3 is 2.33 bits per heavy atom. The number of carbonyl (C=O) groups is 2. The molecular weight excluding hydrogens is 594 g/mol. The first-order valence-electron chi connectivity index (χ1n) is 13.1. The fourth-order valence-electron chi connectivity index (χ4n) is 4.13. The van der Waals surface area contributed by atoms with E-state index in [1.54, 1.807) is 43.3 Å². The Balaban J connectivity index is 2.05. The van der Waals surface area contributed by atoms with Crippen molar-refractivity contribution in [2.24, 2.45) is 0 Å². The third kappa shape index (κ3) is 7.85. The summed E-state index contributed by atoms with van der Waals surface area (Å²) in [5.41, 5.74) is 1.84. The van der Waals surface area contributed by atoms with E-state index >= 15 is 0 Å². The maximum Gasteiger partial charge on any atom is 0.264 e. The van der Waals surface area contributed by atoms with Crippen LogP contribution in [0.5, 0.6) is 5.75 Å². The van der Waals surface area contributed by atoms with Crippen LogP contribution >= 0.6 is 15.9 Å². The molecule has 0 unspecified atom stereocenters. The molecule has 0 spiro atoms. The van der Waals surface area contributed by atoms with Crippen molar-refractivity contribution in [1.29, 1.82) is 0 Å². The van der Waals surface area contributed by atoms with E-state index in [4.69, 9.17) is 4.74 Å². The van der Waals surface area contributed by atoms with Gasteiger partial charge in [0.1, 0.15) is 18.3 Å². The highest BCUT2D eigenvalue weighted by Crippen LogP contribution is 2.33. The van der Waals surface area contributed by atoms with Crippen molar-refractivity contribution in [3.8, 4) is 5.75 Å². The molecule has 40 heavy (non-hydrogen) atoms. The zero-order valence-electron chi connectivity index (χ0n) is 23.3. The van der Waals surface area contributed by atoms with Gasteiger partial charge >= 0.3 is 0 Å². The Morgan fingerprint density at radius 2 is 1.70 bits per heavy atom. The summed E-state index contributed by atoms with van der Waals surface area (Å²) in [6, 6.07) is 19.7. The second kappa shape index (κ2) is 14.3. The summed E-state index contributed by atoms with van der Waals surface area (Å²) in [5.74, 6) is -0.517. The molecule has 8 nitrogen and oxygen atoms in total. The molecule has 0 saturated carbocycles. The first-order valence-corrected chi connectivity index (χ1v) is 15.4. The van der Waals surface area contributed by atoms with E-state index in [9.17, 15) is 18.0 Å². The highest BCUT2D eigenvalue weighted by molar-refractivity contribution is 9.10. The van der Waals surface area contributed by atoms with Crippen molar-refractivity contribution in [3.05, 3.63) is 88.4 Å². The smallest absolute Gasteiger partial charge is 0.264 e. The molecule has 0 aliphatic carbocycles. The summed E-state index contributed by atoms with van der Waals surface area (Å²) in [7, 11) is -2.72. The molecular formula is C30H36BrN3O5S. The third-order valence-electron chi connectivity index (χ3n) is 6.48. The summed E-state index contributed by atoms with van der Waals surface area (Å²) in [5, 5.41) is 2.89. The molecule has 0 bridgehead atoms. The van der Waals surface area contributed by atoms with Crippen LogP contribution in [0.25, 0.3) is 0 Å². The molecule has 3 aromatic rings. The topological polar surface area (TPSA) is 96.0 Å². The molecule has 0 radical (unpaired) electrons.